The van der Waals surface area contributed by atoms with E-state index in [9.17, 15) is 0 Å². The second-order valence-corrected chi connectivity index (χ2v) is 2.10. The van der Waals surface area contributed by atoms with Crippen LogP contribution in [0.1, 0.15) is 6.92 Å². The van der Waals surface area contributed by atoms with Gasteiger partial charge in [0.05, 0.1) is 12.8 Å². The minimum absolute atomic E-state index is 0.667. The third-order valence-corrected chi connectivity index (χ3v) is 1.22. The number of allylic oxidation sites excluding steroid dienone is 1. The van der Waals surface area contributed by atoms with Crippen LogP contribution in [-0.4, -0.2) is 11.1 Å². The van der Waals surface area contributed by atoms with E-state index in [0.717, 1.165) is 5.76 Å². The van der Waals surface area contributed by atoms with Crippen molar-refractivity contribution in [3.8, 4) is 0 Å². The van der Waals surface area contributed by atoms with Crippen molar-refractivity contribution in [1.29, 1.82) is 0 Å². The van der Waals surface area contributed by atoms with E-state index in [-0.39, 0.29) is 0 Å². The van der Waals surface area contributed by atoms with E-state index in [0.29, 0.717) is 6.61 Å². The van der Waals surface area contributed by atoms with Crippen LogP contribution in [0.4, 0.5) is 0 Å². The zero-order valence-corrected chi connectivity index (χ0v) is 6.43. The predicted molar refractivity (Wildman–Crippen MR) is 39.7 cm³/mol. The summed E-state index contributed by atoms with van der Waals surface area (Å²) in [5.74, 6) is 0.791. The first kappa shape index (κ1) is 7.28. The predicted octanol–water partition coefficient (Wildman–Crippen LogP) is 1.35. The Morgan fingerprint density at radius 3 is 3.10 bits per heavy atom. The third kappa shape index (κ3) is 1.84. The number of nitrogens with one attached hydrogen (secondary N) is 1. The molecule has 1 aliphatic rings. The normalized spacial score (nSPS) is 16.2. The van der Waals surface area contributed by atoms with E-state index in [2.05, 4.69) is 5.43 Å². The minimum Gasteiger partial charge on any atom is -0.492 e. The van der Waals surface area contributed by atoms with Crippen molar-refractivity contribution < 1.29 is 4.74 Å². The van der Waals surface area contributed by atoms with Gasteiger partial charge >= 0.3 is 0 Å². The Morgan fingerprint density at radius 1 is 1.80 bits per heavy atom. The lowest BCUT2D eigenvalue weighted by Gasteiger charge is -2.15. The molecular weight excluding hydrogens is 152 g/mol. The number of hydrogen-bond acceptors (Lipinski definition) is 3. The molecule has 0 aliphatic carbocycles. The van der Waals surface area contributed by atoms with Gasteiger partial charge in [-0.15, -0.1) is 0 Å². The summed E-state index contributed by atoms with van der Waals surface area (Å²) in [5, 5.41) is 0. The lowest BCUT2D eigenvalue weighted by Crippen LogP contribution is -2.22. The van der Waals surface area contributed by atoms with Crippen molar-refractivity contribution in [2.24, 2.45) is 0 Å². The molecule has 1 rings (SSSR count). The Bertz CT molecular complexity index is 167. The van der Waals surface area contributed by atoms with E-state index < -0.39 is 0 Å². The highest BCUT2D eigenvalue weighted by atomic mass is 35.5. The summed E-state index contributed by atoms with van der Waals surface area (Å²) in [6.45, 7) is 2.60. The first-order valence-electron chi connectivity index (χ1n) is 3.05. The maximum Gasteiger partial charge on any atom is 0.138 e. The van der Waals surface area contributed by atoms with Gasteiger partial charge < -0.3 is 4.74 Å². The lowest BCUT2D eigenvalue weighted by atomic mass is 10.5. The smallest absolute Gasteiger partial charge is 0.138 e. The van der Waals surface area contributed by atoms with Crippen molar-refractivity contribution in [3.63, 3.8) is 0 Å². The molecule has 10 heavy (non-hydrogen) atoms. The highest BCUT2D eigenvalue weighted by molar-refractivity contribution is 6.13. The van der Waals surface area contributed by atoms with E-state index in [4.69, 9.17) is 16.5 Å². The Balaban J connectivity index is 2.42. The molecule has 4 heteroatoms. The van der Waals surface area contributed by atoms with Crippen LogP contribution in [0.5, 0.6) is 0 Å². The summed E-state index contributed by atoms with van der Waals surface area (Å²) < 4.78 is 6.48. The molecule has 0 atom stereocenters. The standard InChI is InChI=1S/C6H9ClN2O/c1-2-10-6-3-4-9(7)8-5-6/h3-5,8H,2H2,1H3. The number of halogens is 1. The van der Waals surface area contributed by atoms with E-state index in [1.165, 1.54) is 4.53 Å². The molecule has 0 amide bonds. The van der Waals surface area contributed by atoms with Crippen molar-refractivity contribution in [1.82, 2.24) is 9.95 Å². The van der Waals surface area contributed by atoms with Gasteiger partial charge in [0.25, 0.3) is 0 Å². The van der Waals surface area contributed by atoms with Gasteiger partial charge in [-0.1, -0.05) is 0 Å². The van der Waals surface area contributed by atoms with Crippen molar-refractivity contribution in [3.05, 3.63) is 24.2 Å². The average Bonchev–Trinajstić information content (AvgIpc) is 1.95. The fourth-order valence-corrected chi connectivity index (χ4v) is 0.717. The highest BCUT2D eigenvalue weighted by Crippen LogP contribution is 2.05. The van der Waals surface area contributed by atoms with Crippen molar-refractivity contribution in [2.75, 3.05) is 6.61 Å². The molecule has 0 spiro atoms. The Morgan fingerprint density at radius 2 is 2.60 bits per heavy atom. The quantitative estimate of drug-likeness (QED) is 0.618. The molecule has 0 saturated heterocycles. The summed E-state index contributed by atoms with van der Waals surface area (Å²) in [7, 11) is 0. The largest absolute Gasteiger partial charge is 0.492 e. The van der Waals surface area contributed by atoms with Gasteiger partial charge in [-0.3, -0.25) is 5.43 Å². The Labute approximate surface area is 65.0 Å². The number of hydrazine groups is 1. The zero-order chi connectivity index (χ0) is 7.40. The van der Waals surface area contributed by atoms with Crippen molar-refractivity contribution in [2.45, 2.75) is 6.92 Å². The number of rotatable bonds is 2. The van der Waals surface area contributed by atoms with E-state index >= 15 is 0 Å². The van der Waals surface area contributed by atoms with Gasteiger partial charge in [-0.2, -0.15) is 0 Å². The van der Waals surface area contributed by atoms with Crippen LogP contribution >= 0.6 is 11.8 Å². The van der Waals surface area contributed by atoms with Gasteiger partial charge in [0, 0.05) is 24.1 Å². The van der Waals surface area contributed by atoms with Gasteiger partial charge in [0.15, 0.2) is 0 Å². The fraction of sp³-hybridized carbons (Fsp3) is 0.333. The molecule has 0 fully saturated rings. The third-order valence-electron chi connectivity index (χ3n) is 1.01. The van der Waals surface area contributed by atoms with Gasteiger partial charge in [0.2, 0.25) is 0 Å². The van der Waals surface area contributed by atoms with Crippen LogP contribution in [0.25, 0.3) is 0 Å². The molecule has 0 aromatic heterocycles. The first-order valence-corrected chi connectivity index (χ1v) is 3.39. The second kappa shape index (κ2) is 3.37. The Hall–Kier alpha value is -0.830. The Kier molecular flexibility index (Phi) is 2.45. The molecule has 0 radical (unpaired) electrons. The van der Waals surface area contributed by atoms with Gasteiger partial charge in [-0.05, 0) is 6.92 Å². The van der Waals surface area contributed by atoms with Crippen LogP contribution < -0.4 is 5.43 Å². The first-order chi connectivity index (χ1) is 4.83. The molecule has 0 saturated carbocycles. The minimum atomic E-state index is 0.667. The van der Waals surface area contributed by atoms with Crippen LogP contribution in [-0.2, 0) is 4.74 Å². The molecule has 0 unspecified atom stereocenters. The summed E-state index contributed by atoms with van der Waals surface area (Å²) in [5.41, 5.74) is 2.74. The maximum atomic E-state index is 5.52. The SMILES string of the molecule is CCOC1=CNN(Cl)C=C1. The summed E-state index contributed by atoms with van der Waals surface area (Å²) in [6, 6.07) is 0. The maximum absolute atomic E-state index is 5.52. The monoisotopic (exact) mass is 160 g/mol. The molecule has 0 aromatic carbocycles. The van der Waals surface area contributed by atoms with E-state index in [1.54, 1.807) is 18.5 Å². The van der Waals surface area contributed by atoms with Crippen LogP contribution in [0, 0.1) is 0 Å². The molecule has 56 valence electrons. The van der Waals surface area contributed by atoms with Gasteiger partial charge in [0.1, 0.15) is 5.76 Å². The molecule has 1 N–H and O–H groups in total. The van der Waals surface area contributed by atoms with Crippen LogP contribution in [0.15, 0.2) is 24.2 Å². The number of nitrogens with zero attached hydrogens (tertiary/aromatic N) is 1. The zero-order valence-electron chi connectivity index (χ0n) is 5.67. The average molecular weight is 161 g/mol. The summed E-state index contributed by atoms with van der Waals surface area (Å²) in [6.07, 6.45) is 5.15. The number of hydrogen-bond donors (Lipinski definition) is 1. The van der Waals surface area contributed by atoms with Gasteiger partial charge in [-0.25, -0.2) is 4.53 Å². The highest BCUT2D eigenvalue weighted by Gasteiger charge is 1.99. The topological polar surface area (TPSA) is 24.5 Å². The molecule has 3 nitrogen and oxygen atoms in total. The molecule has 0 bridgehead atoms. The molecule has 0 aromatic rings. The summed E-state index contributed by atoms with van der Waals surface area (Å²) in [4.78, 5) is 0. The fourth-order valence-electron chi connectivity index (χ4n) is 0.612. The van der Waals surface area contributed by atoms with Crippen LogP contribution in [0.2, 0.25) is 0 Å². The molecule has 1 aliphatic heterocycles. The second-order valence-electron chi connectivity index (χ2n) is 1.74. The summed E-state index contributed by atoms with van der Waals surface area (Å²) >= 11 is 5.52. The van der Waals surface area contributed by atoms with Crippen molar-refractivity contribution >= 4 is 11.8 Å². The van der Waals surface area contributed by atoms with Crippen LogP contribution in [0.3, 0.4) is 0 Å². The van der Waals surface area contributed by atoms with E-state index in [1.807, 2.05) is 6.92 Å². The molecular formula is C6H9ClN2O. The molecule has 1 heterocycles. The number of ether oxygens (including phenoxy) is 1. The lowest BCUT2D eigenvalue weighted by molar-refractivity contribution is 0.234.